The van der Waals surface area contributed by atoms with E-state index in [9.17, 15) is 0 Å². The fourth-order valence-corrected chi connectivity index (χ4v) is 3.26. The first-order valence-electron chi connectivity index (χ1n) is 8.66. The van der Waals surface area contributed by atoms with Crippen molar-refractivity contribution in [3.63, 3.8) is 0 Å². The van der Waals surface area contributed by atoms with Crippen molar-refractivity contribution in [1.82, 2.24) is 14.9 Å². The van der Waals surface area contributed by atoms with Gasteiger partial charge in [-0.3, -0.25) is 4.90 Å². The van der Waals surface area contributed by atoms with Crippen molar-refractivity contribution >= 4 is 21.9 Å². The minimum absolute atomic E-state index is 0.199. The molecule has 1 aromatic rings. The number of rotatable bonds is 6. The van der Waals surface area contributed by atoms with Gasteiger partial charge in [-0.2, -0.15) is 0 Å². The fraction of sp³-hybridized carbons (Fsp3) is 0.667. The van der Waals surface area contributed by atoms with Crippen LogP contribution in [0, 0.1) is 17.8 Å². The number of aliphatic hydroxyl groups is 1. The number of aliphatic hydroxyl groups excluding tert-OH is 1. The maximum absolute atomic E-state index is 9.00. The van der Waals surface area contributed by atoms with Gasteiger partial charge in [0.15, 0.2) is 0 Å². The van der Waals surface area contributed by atoms with Gasteiger partial charge in [-0.1, -0.05) is 18.8 Å². The molecule has 0 amide bonds. The van der Waals surface area contributed by atoms with Crippen LogP contribution in [0.4, 0.5) is 5.95 Å². The van der Waals surface area contributed by atoms with E-state index < -0.39 is 0 Å². The van der Waals surface area contributed by atoms with Crippen LogP contribution in [0.15, 0.2) is 16.9 Å². The Morgan fingerprint density at radius 3 is 2.50 bits per heavy atom. The van der Waals surface area contributed by atoms with Crippen LogP contribution in [0.1, 0.15) is 32.6 Å². The van der Waals surface area contributed by atoms with E-state index in [1.54, 1.807) is 12.4 Å². The van der Waals surface area contributed by atoms with Crippen LogP contribution >= 0.6 is 15.9 Å². The molecule has 1 aromatic heterocycles. The molecule has 24 heavy (non-hydrogen) atoms. The number of halogens is 1. The highest BCUT2D eigenvalue weighted by atomic mass is 79.9. The summed E-state index contributed by atoms with van der Waals surface area (Å²) in [5.74, 6) is 8.00. The number of aromatic nitrogens is 2. The predicted octanol–water partition coefficient (Wildman–Crippen LogP) is 2.55. The van der Waals surface area contributed by atoms with E-state index in [2.05, 4.69) is 61.5 Å². The lowest BCUT2D eigenvalue weighted by atomic mass is 9.86. The molecule has 1 heterocycles. The fourth-order valence-electron chi connectivity index (χ4n) is 3.05. The third-order valence-electron chi connectivity index (χ3n) is 4.64. The van der Waals surface area contributed by atoms with Crippen LogP contribution in [0.2, 0.25) is 0 Å². The van der Waals surface area contributed by atoms with Gasteiger partial charge in [0, 0.05) is 37.9 Å². The van der Waals surface area contributed by atoms with Gasteiger partial charge in [-0.25, -0.2) is 9.97 Å². The van der Waals surface area contributed by atoms with Crippen LogP contribution < -0.4 is 4.90 Å². The Balaban J connectivity index is 1.80. The van der Waals surface area contributed by atoms with Gasteiger partial charge >= 0.3 is 0 Å². The molecule has 0 radical (unpaired) electrons. The Kier molecular flexibility index (Phi) is 7.97. The van der Waals surface area contributed by atoms with Gasteiger partial charge in [0.25, 0.3) is 0 Å². The van der Waals surface area contributed by atoms with E-state index in [-0.39, 0.29) is 6.61 Å². The summed E-state index contributed by atoms with van der Waals surface area (Å²) < 4.78 is 0.904. The topological polar surface area (TPSA) is 52.5 Å². The van der Waals surface area contributed by atoms with Gasteiger partial charge in [-0.15, -0.1) is 0 Å². The van der Waals surface area contributed by atoms with Crippen molar-refractivity contribution in [3.05, 3.63) is 16.9 Å². The summed E-state index contributed by atoms with van der Waals surface area (Å²) in [6, 6.07) is 0.491. The summed E-state index contributed by atoms with van der Waals surface area (Å²) in [4.78, 5) is 13.1. The molecule has 1 aliphatic carbocycles. The number of anilines is 1. The summed E-state index contributed by atoms with van der Waals surface area (Å²) in [7, 11) is 2.08. The summed E-state index contributed by atoms with van der Waals surface area (Å²) in [6.07, 6.45) is 8.10. The molecule has 1 aliphatic rings. The normalized spacial score (nSPS) is 20.5. The Hall–Kier alpha value is -1.16. The first-order chi connectivity index (χ1) is 11.6. The van der Waals surface area contributed by atoms with Gasteiger partial charge in [-0.05, 0) is 48.2 Å². The average Bonchev–Trinajstić information content (AvgIpc) is 2.61. The van der Waals surface area contributed by atoms with E-state index in [0.717, 1.165) is 49.2 Å². The zero-order chi connectivity index (χ0) is 17.4. The quantitative estimate of drug-likeness (QED) is 0.751. The van der Waals surface area contributed by atoms with Crippen molar-refractivity contribution in [2.75, 3.05) is 38.2 Å². The lowest BCUT2D eigenvalue weighted by molar-refractivity contribution is 0.216. The van der Waals surface area contributed by atoms with E-state index in [4.69, 9.17) is 5.11 Å². The van der Waals surface area contributed by atoms with Crippen LogP contribution in [0.25, 0.3) is 0 Å². The number of hydrogen-bond donors (Lipinski definition) is 1. The lowest BCUT2D eigenvalue weighted by Crippen LogP contribution is -2.36. The molecular formula is C18H27BrN4O. The van der Waals surface area contributed by atoms with Crippen LogP contribution in [0.3, 0.4) is 0 Å². The zero-order valence-corrected chi connectivity index (χ0v) is 16.2. The maximum Gasteiger partial charge on any atom is 0.225 e. The lowest BCUT2D eigenvalue weighted by Gasteiger charge is -2.33. The van der Waals surface area contributed by atoms with Crippen LogP contribution in [-0.4, -0.2) is 59.3 Å². The Labute approximate surface area is 153 Å². The molecule has 0 bridgehead atoms. The summed E-state index contributed by atoms with van der Waals surface area (Å²) in [5.41, 5.74) is 0. The largest absolute Gasteiger partial charge is 0.395 e. The maximum atomic E-state index is 9.00. The zero-order valence-electron chi connectivity index (χ0n) is 14.6. The second-order valence-corrected chi connectivity index (χ2v) is 7.15. The second-order valence-electron chi connectivity index (χ2n) is 6.23. The Bertz CT molecular complexity index is 546. The number of likely N-dealkylation sites (N-methyl/N-ethyl adjacent to an activating group) is 1. The van der Waals surface area contributed by atoms with E-state index in [1.807, 2.05) is 0 Å². The SMILES string of the molecule is CCN(CC#C[C@H]1CC[C@H](N(C)c2ncc(Br)cn2)CC1)CCO. The molecule has 0 saturated heterocycles. The molecule has 1 saturated carbocycles. The molecule has 1 N–H and O–H groups in total. The van der Waals surface area contributed by atoms with E-state index in [1.165, 1.54) is 0 Å². The minimum atomic E-state index is 0.199. The van der Waals surface area contributed by atoms with Crippen molar-refractivity contribution in [3.8, 4) is 11.8 Å². The molecule has 2 rings (SSSR count). The second kappa shape index (κ2) is 9.97. The average molecular weight is 395 g/mol. The first kappa shape index (κ1) is 19.2. The number of hydrogen-bond acceptors (Lipinski definition) is 5. The smallest absolute Gasteiger partial charge is 0.225 e. The van der Waals surface area contributed by atoms with Crippen molar-refractivity contribution in [2.45, 2.75) is 38.6 Å². The molecule has 0 spiro atoms. The first-order valence-corrected chi connectivity index (χ1v) is 9.45. The molecule has 132 valence electrons. The molecule has 6 heteroatoms. The van der Waals surface area contributed by atoms with E-state index >= 15 is 0 Å². The summed E-state index contributed by atoms with van der Waals surface area (Å²) >= 11 is 3.37. The van der Waals surface area contributed by atoms with E-state index in [0.29, 0.717) is 18.5 Å². The van der Waals surface area contributed by atoms with Gasteiger partial charge < -0.3 is 10.0 Å². The van der Waals surface area contributed by atoms with Crippen molar-refractivity contribution < 1.29 is 5.11 Å². The molecule has 0 aliphatic heterocycles. The third-order valence-corrected chi connectivity index (χ3v) is 5.05. The van der Waals surface area contributed by atoms with Crippen molar-refractivity contribution in [2.24, 2.45) is 5.92 Å². The predicted molar refractivity (Wildman–Crippen MR) is 101 cm³/mol. The highest BCUT2D eigenvalue weighted by molar-refractivity contribution is 9.10. The molecule has 0 atom stereocenters. The summed E-state index contributed by atoms with van der Waals surface area (Å²) in [6.45, 7) is 4.69. The van der Waals surface area contributed by atoms with Gasteiger partial charge in [0.1, 0.15) is 0 Å². The highest BCUT2D eigenvalue weighted by Crippen LogP contribution is 2.28. The number of nitrogens with zero attached hydrogens (tertiary/aromatic N) is 4. The molecule has 0 unspecified atom stereocenters. The molecule has 1 fully saturated rings. The Morgan fingerprint density at radius 2 is 1.92 bits per heavy atom. The van der Waals surface area contributed by atoms with Crippen LogP contribution in [0.5, 0.6) is 0 Å². The highest BCUT2D eigenvalue weighted by Gasteiger charge is 2.24. The molecular weight excluding hydrogens is 368 g/mol. The standard InChI is InChI=1S/C18H27BrN4O/c1-3-23(11-12-24)10-4-5-15-6-8-17(9-7-15)22(2)18-20-13-16(19)14-21-18/h13-15,17,24H,3,6-12H2,1-2H3/t15-,17-. The summed E-state index contributed by atoms with van der Waals surface area (Å²) in [5, 5.41) is 9.00. The monoisotopic (exact) mass is 394 g/mol. The molecule has 0 aromatic carbocycles. The van der Waals surface area contributed by atoms with Crippen molar-refractivity contribution in [1.29, 1.82) is 0 Å². The molecule has 5 nitrogen and oxygen atoms in total. The van der Waals surface area contributed by atoms with Crippen LogP contribution in [-0.2, 0) is 0 Å². The van der Waals surface area contributed by atoms with Gasteiger partial charge in [0.05, 0.1) is 17.6 Å². The minimum Gasteiger partial charge on any atom is -0.395 e. The third kappa shape index (κ3) is 5.73. The van der Waals surface area contributed by atoms with Gasteiger partial charge in [0.2, 0.25) is 5.95 Å². The Morgan fingerprint density at radius 1 is 1.25 bits per heavy atom.